The highest BCUT2D eigenvalue weighted by molar-refractivity contribution is 8.00. The van der Waals surface area contributed by atoms with Gasteiger partial charge in [0.1, 0.15) is 5.75 Å². The zero-order valence-electron chi connectivity index (χ0n) is 10.8. The van der Waals surface area contributed by atoms with Crippen molar-refractivity contribution in [3.05, 3.63) is 58.6 Å². The van der Waals surface area contributed by atoms with Gasteiger partial charge in [0.25, 0.3) is 0 Å². The smallest absolute Gasteiger partial charge is 0.176 e. The van der Waals surface area contributed by atoms with Gasteiger partial charge in [-0.2, -0.15) is 0 Å². The largest absolute Gasteiger partial charge is 0.492 e. The van der Waals surface area contributed by atoms with Gasteiger partial charge in [0, 0.05) is 16.3 Å². The minimum absolute atomic E-state index is 0.0914. The first kappa shape index (κ1) is 13.5. The number of hydrogen-bond donors (Lipinski definition) is 0. The van der Waals surface area contributed by atoms with Gasteiger partial charge in [0.2, 0.25) is 0 Å². The molecule has 0 bridgehead atoms. The van der Waals surface area contributed by atoms with Gasteiger partial charge in [0.15, 0.2) is 5.78 Å². The van der Waals surface area contributed by atoms with Gasteiger partial charge in [-0.1, -0.05) is 29.8 Å². The van der Waals surface area contributed by atoms with Crippen molar-refractivity contribution >= 4 is 29.1 Å². The third kappa shape index (κ3) is 2.84. The Kier molecular flexibility index (Phi) is 3.99. The lowest BCUT2D eigenvalue weighted by Crippen LogP contribution is -2.04. The molecule has 102 valence electrons. The van der Waals surface area contributed by atoms with E-state index in [9.17, 15) is 4.79 Å². The molecule has 4 heteroatoms. The monoisotopic (exact) mass is 304 g/mol. The van der Waals surface area contributed by atoms with E-state index < -0.39 is 0 Å². The maximum absolute atomic E-state index is 12.3. The zero-order chi connectivity index (χ0) is 13.9. The first-order valence-corrected chi connectivity index (χ1v) is 7.76. The third-order valence-corrected chi connectivity index (χ3v) is 4.41. The van der Waals surface area contributed by atoms with Crippen LogP contribution in [-0.4, -0.2) is 18.1 Å². The lowest BCUT2D eigenvalue weighted by atomic mass is 10.1. The summed E-state index contributed by atoms with van der Waals surface area (Å²) in [5.74, 6) is 1.25. The van der Waals surface area contributed by atoms with Crippen LogP contribution in [0.15, 0.2) is 47.4 Å². The molecule has 0 N–H and O–H groups in total. The van der Waals surface area contributed by atoms with E-state index in [2.05, 4.69) is 0 Å². The number of rotatable bonds is 4. The van der Waals surface area contributed by atoms with Crippen LogP contribution in [0, 0.1) is 0 Å². The normalized spacial score (nSPS) is 12.8. The van der Waals surface area contributed by atoms with Crippen LogP contribution < -0.4 is 4.74 Å². The summed E-state index contributed by atoms with van der Waals surface area (Å²) in [4.78, 5) is 13.3. The second-order valence-corrected chi connectivity index (χ2v) is 6.05. The van der Waals surface area contributed by atoms with Gasteiger partial charge in [0.05, 0.1) is 17.9 Å². The fourth-order valence-electron chi connectivity index (χ4n) is 2.22. The molecule has 1 heterocycles. The van der Waals surface area contributed by atoms with Crippen LogP contribution in [0.5, 0.6) is 5.75 Å². The van der Waals surface area contributed by atoms with Gasteiger partial charge >= 0.3 is 0 Å². The number of carbonyl (C=O) groups excluding carboxylic acids is 1. The maximum Gasteiger partial charge on any atom is 0.176 e. The Hall–Kier alpha value is -1.45. The van der Waals surface area contributed by atoms with Crippen LogP contribution in [0.4, 0.5) is 0 Å². The third-order valence-electron chi connectivity index (χ3n) is 3.18. The van der Waals surface area contributed by atoms with Crippen LogP contribution in [0.1, 0.15) is 15.9 Å². The van der Waals surface area contributed by atoms with E-state index in [1.807, 2.05) is 42.5 Å². The van der Waals surface area contributed by atoms with Crippen molar-refractivity contribution in [3.63, 3.8) is 0 Å². The number of hydrogen-bond acceptors (Lipinski definition) is 3. The molecule has 1 aliphatic heterocycles. The van der Waals surface area contributed by atoms with Crippen molar-refractivity contribution in [3.8, 4) is 5.75 Å². The average molecular weight is 305 g/mol. The lowest BCUT2D eigenvalue weighted by molar-refractivity contribution is 0.101. The number of carbonyl (C=O) groups is 1. The van der Waals surface area contributed by atoms with Gasteiger partial charge in [-0.05, 0) is 29.8 Å². The first-order chi connectivity index (χ1) is 9.74. The highest BCUT2D eigenvalue weighted by Crippen LogP contribution is 2.31. The van der Waals surface area contributed by atoms with E-state index in [0.717, 1.165) is 22.6 Å². The van der Waals surface area contributed by atoms with Gasteiger partial charge < -0.3 is 4.74 Å². The molecule has 0 unspecified atom stereocenters. The van der Waals surface area contributed by atoms with Crippen molar-refractivity contribution < 1.29 is 9.53 Å². The van der Waals surface area contributed by atoms with Crippen LogP contribution in [0.25, 0.3) is 0 Å². The Labute approximate surface area is 127 Å². The minimum atomic E-state index is 0.0914. The van der Waals surface area contributed by atoms with Crippen LogP contribution in [-0.2, 0) is 6.42 Å². The summed E-state index contributed by atoms with van der Waals surface area (Å²) < 4.78 is 5.57. The zero-order valence-corrected chi connectivity index (χ0v) is 12.3. The summed E-state index contributed by atoms with van der Waals surface area (Å²) in [6.07, 6.45) is 0.887. The summed E-state index contributed by atoms with van der Waals surface area (Å²) in [6.45, 7) is 0.668. The fraction of sp³-hybridized carbons (Fsp3) is 0.188. The number of thioether (sulfide) groups is 1. The molecule has 0 saturated carbocycles. The number of ether oxygens (including phenoxy) is 1. The summed E-state index contributed by atoms with van der Waals surface area (Å²) in [5.41, 5.74) is 1.82. The van der Waals surface area contributed by atoms with Crippen molar-refractivity contribution in [1.82, 2.24) is 0 Å². The Balaban J connectivity index is 1.73. The predicted molar refractivity (Wildman–Crippen MR) is 82.1 cm³/mol. The standard InChI is InChI=1S/C16H13ClO2S/c17-12-4-2-5-13(9-12)20-10-15(18)14-6-1-3-11-7-8-19-16(11)14/h1-6,9H,7-8,10H2. The number of halogens is 1. The van der Waals surface area contributed by atoms with Crippen molar-refractivity contribution in [2.75, 3.05) is 12.4 Å². The lowest BCUT2D eigenvalue weighted by Gasteiger charge is -2.07. The molecule has 0 aromatic heterocycles. The topological polar surface area (TPSA) is 26.3 Å². The molecule has 2 aromatic carbocycles. The quantitative estimate of drug-likeness (QED) is 0.624. The summed E-state index contributed by atoms with van der Waals surface area (Å²) >= 11 is 7.43. The van der Waals surface area contributed by atoms with E-state index in [1.54, 1.807) is 0 Å². The molecule has 20 heavy (non-hydrogen) atoms. The molecule has 0 saturated heterocycles. The second-order valence-electron chi connectivity index (χ2n) is 4.56. The number of para-hydroxylation sites is 1. The first-order valence-electron chi connectivity index (χ1n) is 6.40. The molecule has 0 fully saturated rings. The molecular weight excluding hydrogens is 292 g/mol. The minimum Gasteiger partial charge on any atom is -0.492 e. The molecule has 0 radical (unpaired) electrons. The Morgan fingerprint density at radius 3 is 2.95 bits per heavy atom. The summed E-state index contributed by atoms with van der Waals surface area (Å²) in [5, 5.41) is 0.686. The van der Waals surface area contributed by atoms with Gasteiger partial charge in [-0.3, -0.25) is 4.79 Å². The fourth-order valence-corrected chi connectivity index (χ4v) is 3.31. The SMILES string of the molecule is O=C(CSc1cccc(Cl)c1)c1cccc2c1OCC2. The van der Waals surface area contributed by atoms with Crippen molar-refractivity contribution in [1.29, 1.82) is 0 Å². The van der Waals surface area contributed by atoms with Gasteiger partial charge in [-0.15, -0.1) is 11.8 Å². The molecule has 0 amide bonds. The summed E-state index contributed by atoms with van der Waals surface area (Å²) in [6, 6.07) is 13.3. The molecule has 2 nitrogen and oxygen atoms in total. The van der Waals surface area contributed by atoms with E-state index in [4.69, 9.17) is 16.3 Å². The highest BCUT2D eigenvalue weighted by Gasteiger charge is 2.20. The summed E-state index contributed by atoms with van der Waals surface area (Å²) in [7, 11) is 0. The molecule has 3 rings (SSSR count). The molecule has 0 atom stereocenters. The molecule has 0 spiro atoms. The molecule has 2 aromatic rings. The number of benzene rings is 2. The van der Waals surface area contributed by atoms with E-state index in [-0.39, 0.29) is 5.78 Å². The van der Waals surface area contributed by atoms with E-state index in [1.165, 1.54) is 11.8 Å². The maximum atomic E-state index is 12.3. The second kappa shape index (κ2) is 5.90. The molecule has 1 aliphatic rings. The Morgan fingerprint density at radius 2 is 2.10 bits per heavy atom. The average Bonchev–Trinajstić information content (AvgIpc) is 2.93. The predicted octanol–water partition coefficient (Wildman–Crippen LogP) is 4.25. The van der Waals surface area contributed by atoms with Crippen LogP contribution >= 0.6 is 23.4 Å². The number of Topliss-reactive ketones (excluding diaryl/α,β-unsaturated/α-hetero) is 1. The highest BCUT2D eigenvalue weighted by atomic mass is 35.5. The van der Waals surface area contributed by atoms with Crippen molar-refractivity contribution in [2.24, 2.45) is 0 Å². The Morgan fingerprint density at radius 1 is 1.25 bits per heavy atom. The van der Waals surface area contributed by atoms with Crippen LogP contribution in [0.2, 0.25) is 5.02 Å². The van der Waals surface area contributed by atoms with E-state index >= 15 is 0 Å². The van der Waals surface area contributed by atoms with E-state index in [0.29, 0.717) is 22.9 Å². The molecule has 0 aliphatic carbocycles. The Bertz CT molecular complexity index is 655. The number of ketones is 1. The molecular formula is C16H13ClO2S. The van der Waals surface area contributed by atoms with Gasteiger partial charge in [-0.25, -0.2) is 0 Å². The van der Waals surface area contributed by atoms with Crippen molar-refractivity contribution in [2.45, 2.75) is 11.3 Å². The van der Waals surface area contributed by atoms with Crippen LogP contribution in [0.3, 0.4) is 0 Å². The number of fused-ring (bicyclic) bond motifs is 1.